The van der Waals surface area contributed by atoms with E-state index < -0.39 is 30.8 Å². The third-order valence-corrected chi connectivity index (χ3v) is 2.07. The molecular formula is C11H7F6NO3. The van der Waals surface area contributed by atoms with Crippen molar-refractivity contribution in [1.82, 2.24) is 0 Å². The SMILES string of the molecule is O=C(Nc1ccc(COC(=O)C(F)(F)F)cc1)C(F)(F)F. The van der Waals surface area contributed by atoms with Gasteiger partial charge >= 0.3 is 24.2 Å². The van der Waals surface area contributed by atoms with Gasteiger partial charge in [0.25, 0.3) is 0 Å². The molecule has 21 heavy (non-hydrogen) atoms. The van der Waals surface area contributed by atoms with Crippen molar-refractivity contribution >= 4 is 17.6 Å². The molecule has 0 aromatic heterocycles. The molecule has 116 valence electrons. The van der Waals surface area contributed by atoms with Crippen LogP contribution in [0, 0.1) is 0 Å². The summed E-state index contributed by atoms with van der Waals surface area (Å²) in [7, 11) is 0. The number of rotatable bonds is 3. The number of anilines is 1. The monoisotopic (exact) mass is 315 g/mol. The molecule has 0 radical (unpaired) electrons. The molecule has 10 heteroatoms. The number of carbonyl (C=O) groups excluding carboxylic acids is 2. The van der Waals surface area contributed by atoms with Crippen LogP contribution in [-0.4, -0.2) is 24.2 Å². The average molecular weight is 315 g/mol. The highest BCUT2D eigenvalue weighted by molar-refractivity contribution is 5.94. The van der Waals surface area contributed by atoms with Gasteiger partial charge in [-0.3, -0.25) is 4.79 Å². The van der Waals surface area contributed by atoms with E-state index in [9.17, 15) is 35.9 Å². The van der Waals surface area contributed by atoms with E-state index in [-0.39, 0.29) is 11.3 Å². The molecule has 0 heterocycles. The lowest BCUT2D eigenvalue weighted by Crippen LogP contribution is -2.29. The Morgan fingerprint density at radius 2 is 1.48 bits per heavy atom. The first kappa shape index (κ1) is 16.8. The Kier molecular flexibility index (Phi) is 4.81. The van der Waals surface area contributed by atoms with Crippen LogP contribution in [0.3, 0.4) is 0 Å². The molecule has 1 N–H and O–H groups in total. The number of halogens is 6. The minimum absolute atomic E-state index is 0.109. The van der Waals surface area contributed by atoms with Crippen molar-refractivity contribution in [3.05, 3.63) is 29.8 Å². The minimum atomic E-state index is -5.12. The number of benzene rings is 1. The number of nitrogens with one attached hydrogen (secondary N) is 1. The molecule has 0 saturated heterocycles. The van der Waals surface area contributed by atoms with Gasteiger partial charge < -0.3 is 10.1 Å². The number of esters is 1. The van der Waals surface area contributed by atoms with Crippen LogP contribution in [-0.2, 0) is 20.9 Å². The molecule has 0 fully saturated rings. The lowest BCUT2D eigenvalue weighted by Gasteiger charge is -2.09. The maximum Gasteiger partial charge on any atom is 0.490 e. The highest BCUT2D eigenvalue weighted by Gasteiger charge is 2.41. The summed E-state index contributed by atoms with van der Waals surface area (Å²) in [6, 6.07) is 4.27. The normalized spacial score (nSPS) is 11.9. The van der Waals surface area contributed by atoms with E-state index in [4.69, 9.17) is 0 Å². The fraction of sp³-hybridized carbons (Fsp3) is 0.273. The molecule has 0 atom stereocenters. The number of hydrogen-bond acceptors (Lipinski definition) is 3. The van der Waals surface area contributed by atoms with Crippen molar-refractivity contribution in [2.75, 3.05) is 5.32 Å². The van der Waals surface area contributed by atoms with Crippen molar-refractivity contribution in [2.24, 2.45) is 0 Å². The summed E-state index contributed by atoms with van der Waals surface area (Å²) < 4.78 is 75.3. The van der Waals surface area contributed by atoms with E-state index in [1.807, 2.05) is 0 Å². The first-order valence-electron chi connectivity index (χ1n) is 5.21. The van der Waals surface area contributed by atoms with Gasteiger partial charge in [0.1, 0.15) is 6.61 Å². The fourth-order valence-electron chi connectivity index (χ4n) is 1.12. The van der Waals surface area contributed by atoms with Gasteiger partial charge in [-0.05, 0) is 17.7 Å². The Morgan fingerprint density at radius 1 is 0.952 bits per heavy atom. The third-order valence-electron chi connectivity index (χ3n) is 2.07. The molecule has 0 unspecified atom stereocenters. The summed E-state index contributed by atoms with van der Waals surface area (Å²) >= 11 is 0. The molecule has 0 spiro atoms. The van der Waals surface area contributed by atoms with Gasteiger partial charge in [0.15, 0.2) is 0 Å². The maximum absolute atomic E-state index is 12.0. The Morgan fingerprint density at radius 3 is 1.90 bits per heavy atom. The van der Waals surface area contributed by atoms with Gasteiger partial charge in [-0.15, -0.1) is 0 Å². The van der Waals surface area contributed by atoms with Crippen LogP contribution in [0.2, 0.25) is 0 Å². The minimum Gasteiger partial charge on any atom is -0.454 e. The Balaban J connectivity index is 2.59. The molecule has 0 aliphatic heterocycles. The Bertz CT molecular complexity index is 520. The zero-order valence-corrected chi connectivity index (χ0v) is 10.0. The van der Waals surface area contributed by atoms with Gasteiger partial charge in [-0.2, -0.15) is 26.3 Å². The van der Waals surface area contributed by atoms with E-state index in [2.05, 4.69) is 4.74 Å². The van der Waals surface area contributed by atoms with Gasteiger partial charge in [0.05, 0.1) is 0 Å². The molecule has 0 aliphatic rings. The summed E-state index contributed by atoms with van der Waals surface area (Å²) in [5.74, 6) is -4.56. The smallest absolute Gasteiger partial charge is 0.454 e. The topological polar surface area (TPSA) is 55.4 Å². The van der Waals surface area contributed by atoms with E-state index in [1.54, 1.807) is 5.32 Å². The average Bonchev–Trinajstić information content (AvgIpc) is 2.35. The highest BCUT2D eigenvalue weighted by atomic mass is 19.4. The van der Waals surface area contributed by atoms with E-state index in [0.29, 0.717) is 0 Å². The van der Waals surface area contributed by atoms with Crippen molar-refractivity contribution in [3.8, 4) is 0 Å². The summed E-state index contributed by atoms with van der Waals surface area (Å²) in [5, 5.41) is 1.55. The zero-order chi connectivity index (χ0) is 16.3. The summed E-state index contributed by atoms with van der Waals surface area (Å²) in [4.78, 5) is 21.0. The Labute approximate surface area is 113 Å². The predicted octanol–water partition coefficient (Wildman–Crippen LogP) is 2.79. The summed E-state index contributed by atoms with van der Waals surface area (Å²) in [6.07, 6.45) is -10.2. The first-order valence-corrected chi connectivity index (χ1v) is 5.21. The van der Waals surface area contributed by atoms with Crippen LogP contribution < -0.4 is 5.32 Å². The van der Waals surface area contributed by atoms with Crippen molar-refractivity contribution in [1.29, 1.82) is 0 Å². The lowest BCUT2D eigenvalue weighted by molar-refractivity contribution is -0.201. The summed E-state index contributed by atoms with van der Waals surface area (Å²) in [5.41, 5.74) is -0.0965. The van der Waals surface area contributed by atoms with E-state index >= 15 is 0 Å². The van der Waals surface area contributed by atoms with Crippen LogP contribution in [0.5, 0.6) is 0 Å². The largest absolute Gasteiger partial charge is 0.490 e. The molecular weight excluding hydrogens is 308 g/mol. The molecule has 1 aromatic rings. The maximum atomic E-state index is 12.0. The number of alkyl halides is 6. The molecule has 4 nitrogen and oxygen atoms in total. The molecule has 0 aliphatic carbocycles. The zero-order valence-electron chi connectivity index (χ0n) is 10.0. The molecule has 1 aromatic carbocycles. The standard InChI is InChI=1S/C11H7F6NO3/c12-10(13,14)8(19)18-7-3-1-6(2-4-7)5-21-9(20)11(15,16)17/h1-4H,5H2,(H,18,19). The third kappa shape index (κ3) is 5.32. The second-order valence-corrected chi connectivity index (χ2v) is 3.72. The van der Waals surface area contributed by atoms with Crippen LogP contribution >= 0.6 is 0 Å². The molecule has 1 amide bonds. The predicted molar refractivity (Wildman–Crippen MR) is 57.0 cm³/mol. The fourth-order valence-corrected chi connectivity index (χ4v) is 1.12. The number of amides is 1. The molecule has 0 saturated carbocycles. The van der Waals surface area contributed by atoms with Crippen LogP contribution in [0.25, 0.3) is 0 Å². The number of ether oxygens (including phenoxy) is 1. The second-order valence-electron chi connectivity index (χ2n) is 3.72. The van der Waals surface area contributed by atoms with Crippen molar-refractivity contribution in [3.63, 3.8) is 0 Å². The summed E-state index contributed by atoms with van der Waals surface area (Å²) in [6.45, 7) is -0.703. The molecule has 0 bridgehead atoms. The van der Waals surface area contributed by atoms with Crippen LogP contribution in [0.15, 0.2) is 24.3 Å². The highest BCUT2D eigenvalue weighted by Crippen LogP contribution is 2.20. The second kappa shape index (κ2) is 6.02. The van der Waals surface area contributed by atoms with Gasteiger partial charge in [0, 0.05) is 5.69 Å². The molecule has 1 rings (SSSR count). The van der Waals surface area contributed by atoms with Gasteiger partial charge in [0.2, 0.25) is 0 Å². The van der Waals surface area contributed by atoms with E-state index in [0.717, 1.165) is 24.3 Å². The first-order chi connectivity index (χ1) is 9.50. The quantitative estimate of drug-likeness (QED) is 0.689. The van der Waals surface area contributed by atoms with Gasteiger partial charge in [-0.25, -0.2) is 4.79 Å². The van der Waals surface area contributed by atoms with Crippen LogP contribution in [0.4, 0.5) is 32.0 Å². The Hall–Kier alpha value is -2.26. The van der Waals surface area contributed by atoms with Gasteiger partial charge in [-0.1, -0.05) is 12.1 Å². The van der Waals surface area contributed by atoms with Crippen LogP contribution in [0.1, 0.15) is 5.56 Å². The lowest BCUT2D eigenvalue weighted by atomic mass is 10.2. The number of hydrogen-bond donors (Lipinski definition) is 1. The van der Waals surface area contributed by atoms with Crippen molar-refractivity contribution < 1.29 is 40.7 Å². The van der Waals surface area contributed by atoms with E-state index in [1.165, 1.54) is 0 Å². The van der Waals surface area contributed by atoms with Crippen molar-refractivity contribution in [2.45, 2.75) is 19.0 Å². The number of carbonyl (C=O) groups is 2.